The summed E-state index contributed by atoms with van der Waals surface area (Å²) in [6, 6.07) is 5.99. The van der Waals surface area contributed by atoms with E-state index in [0.29, 0.717) is 28.7 Å². The lowest BCUT2D eigenvalue weighted by Gasteiger charge is -2.32. The Hall–Kier alpha value is -2.19. The molecule has 1 N–H and O–H groups in total. The zero-order valence-corrected chi connectivity index (χ0v) is 15.1. The second-order valence-corrected chi connectivity index (χ2v) is 6.63. The quantitative estimate of drug-likeness (QED) is 0.824. The lowest BCUT2D eigenvalue weighted by atomic mass is 10.2. The smallest absolute Gasteiger partial charge is 0.345 e. The number of nitrogens with one attached hydrogen (secondary N) is 1. The van der Waals surface area contributed by atoms with Crippen LogP contribution in [-0.2, 0) is 4.74 Å². The lowest BCUT2D eigenvalue weighted by Crippen LogP contribution is -2.45. The van der Waals surface area contributed by atoms with Crippen LogP contribution in [0.15, 0.2) is 24.3 Å². The number of hydrogen-bond acceptors (Lipinski definition) is 7. The van der Waals surface area contributed by atoms with E-state index in [-0.39, 0.29) is 5.82 Å². The number of ether oxygens (including phenoxy) is 1. The zero-order chi connectivity index (χ0) is 17.8. The molecule has 6 nitrogen and oxygen atoms in total. The molecular formula is C17H21FN4O2S. The third-order valence-corrected chi connectivity index (χ3v) is 4.81. The van der Waals surface area contributed by atoms with Crippen molar-refractivity contribution in [1.29, 1.82) is 0 Å². The molecule has 1 fully saturated rings. The molecule has 0 radical (unpaired) electrons. The van der Waals surface area contributed by atoms with Gasteiger partial charge in [0.05, 0.1) is 6.61 Å². The molecule has 0 spiro atoms. The topological polar surface area (TPSA) is 57.7 Å². The average Bonchev–Trinajstić information content (AvgIpc) is 3.01. The molecule has 1 aromatic heterocycles. The highest BCUT2D eigenvalue weighted by atomic mass is 32.1. The van der Waals surface area contributed by atoms with E-state index in [4.69, 9.17) is 4.74 Å². The van der Waals surface area contributed by atoms with Crippen molar-refractivity contribution in [2.24, 2.45) is 0 Å². The zero-order valence-electron chi connectivity index (χ0n) is 14.3. The van der Waals surface area contributed by atoms with E-state index in [1.54, 1.807) is 19.1 Å². The van der Waals surface area contributed by atoms with Crippen LogP contribution in [0.3, 0.4) is 0 Å². The first kappa shape index (κ1) is 17.6. The molecule has 25 heavy (non-hydrogen) atoms. The van der Waals surface area contributed by atoms with Crippen molar-refractivity contribution in [2.75, 3.05) is 50.1 Å². The van der Waals surface area contributed by atoms with Crippen molar-refractivity contribution in [3.63, 3.8) is 0 Å². The Morgan fingerprint density at radius 2 is 1.96 bits per heavy atom. The van der Waals surface area contributed by atoms with Gasteiger partial charge in [0.2, 0.25) is 0 Å². The first-order valence-corrected chi connectivity index (χ1v) is 8.98. The van der Waals surface area contributed by atoms with Crippen LogP contribution >= 0.6 is 11.5 Å². The molecule has 2 heterocycles. The number of carbonyl (C=O) groups excluding carboxylic acids is 1. The molecule has 1 aromatic carbocycles. The summed E-state index contributed by atoms with van der Waals surface area (Å²) in [7, 11) is 2.08. The second-order valence-electron chi connectivity index (χ2n) is 5.85. The van der Waals surface area contributed by atoms with Crippen LogP contribution in [-0.4, -0.2) is 55.1 Å². The van der Waals surface area contributed by atoms with E-state index in [1.807, 2.05) is 0 Å². The van der Waals surface area contributed by atoms with Crippen LogP contribution < -0.4 is 10.2 Å². The summed E-state index contributed by atoms with van der Waals surface area (Å²) >= 11 is 1.21. The molecular weight excluding hydrogens is 343 g/mol. The number of hydrogen-bond donors (Lipinski definition) is 1. The van der Waals surface area contributed by atoms with Crippen LogP contribution in [0.4, 0.5) is 20.9 Å². The first-order chi connectivity index (χ1) is 12.1. The van der Waals surface area contributed by atoms with Gasteiger partial charge in [-0.3, -0.25) is 0 Å². The molecule has 0 aliphatic carbocycles. The normalized spacial score (nSPS) is 15.2. The van der Waals surface area contributed by atoms with Crippen molar-refractivity contribution in [1.82, 2.24) is 9.27 Å². The molecule has 8 heteroatoms. The molecule has 134 valence electrons. The number of rotatable bonds is 5. The van der Waals surface area contributed by atoms with Crippen LogP contribution in [0.1, 0.15) is 17.3 Å². The Bertz CT molecular complexity index is 727. The molecule has 0 amide bonds. The number of esters is 1. The number of piperazine rings is 1. The van der Waals surface area contributed by atoms with E-state index in [0.717, 1.165) is 26.2 Å². The van der Waals surface area contributed by atoms with Crippen LogP contribution in [0.2, 0.25) is 0 Å². The maximum absolute atomic E-state index is 13.1. The van der Waals surface area contributed by atoms with Crippen molar-refractivity contribution in [2.45, 2.75) is 6.92 Å². The number of carbonyl (C=O) groups is 1. The number of aromatic nitrogens is 1. The molecule has 1 saturated heterocycles. The first-order valence-electron chi connectivity index (χ1n) is 8.21. The summed E-state index contributed by atoms with van der Waals surface area (Å²) in [5, 5.41) is 3.77. The molecule has 1 aliphatic heterocycles. The van der Waals surface area contributed by atoms with Gasteiger partial charge in [-0.25, -0.2) is 9.18 Å². The Labute approximate surface area is 150 Å². The van der Waals surface area contributed by atoms with Gasteiger partial charge in [-0.2, -0.15) is 4.37 Å². The Balaban J connectivity index is 1.89. The van der Waals surface area contributed by atoms with Crippen LogP contribution in [0.5, 0.6) is 0 Å². The number of benzene rings is 1. The Kier molecular flexibility index (Phi) is 5.50. The van der Waals surface area contributed by atoms with Gasteiger partial charge >= 0.3 is 5.97 Å². The summed E-state index contributed by atoms with van der Waals surface area (Å²) in [5.74, 6) is -0.0467. The molecule has 1 aliphatic rings. The number of halogens is 1. The summed E-state index contributed by atoms with van der Waals surface area (Å²) < 4.78 is 22.8. The van der Waals surface area contributed by atoms with Crippen molar-refractivity contribution in [3.8, 4) is 0 Å². The molecule has 0 unspecified atom stereocenters. The van der Waals surface area contributed by atoms with Gasteiger partial charge in [-0.05, 0) is 49.8 Å². The molecule has 2 aromatic rings. The molecule has 0 saturated carbocycles. The van der Waals surface area contributed by atoms with Crippen molar-refractivity contribution >= 4 is 34.0 Å². The predicted molar refractivity (Wildman–Crippen MR) is 97.5 cm³/mol. The van der Waals surface area contributed by atoms with Crippen LogP contribution in [0, 0.1) is 5.82 Å². The Morgan fingerprint density at radius 3 is 2.60 bits per heavy atom. The molecule has 0 atom stereocenters. The standard InChI is InChI=1S/C17H21FN4O2S/c1-3-24-17(23)14-15(22-10-8-21(2)9-11-22)20-25-16(14)19-13-6-4-12(18)5-7-13/h4-7,19H,3,8-11H2,1-2H3. The minimum Gasteiger partial charge on any atom is -0.462 e. The predicted octanol–water partition coefficient (Wildman–Crippen LogP) is 2.95. The van der Waals surface area contributed by atoms with Gasteiger partial charge in [0.1, 0.15) is 16.4 Å². The number of nitrogens with zero attached hydrogens (tertiary/aromatic N) is 3. The van der Waals surface area contributed by atoms with Gasteiger partial charge in [-0.1, -0.05) is 0 Å². The van der Waals surface area contributed by atoms with E-state index < -0.39 is 5.97 Å². The van der Waals surface area contributed by atoms with E-state index in [2.05, 4.69) is 26.5 Å². The SMILES string of the molecule is CCOC(=O)c1c(N2CCN(C)CC2)nsc1Nc1ccc(F)cc1. The highest BCUT2D eigenvalue weighted by Crippen LogP contribution is 2.34. The minimum absolute atomic E-state index is 0.298. The average molecular weight is 364 g/mol. The van der Waals surface area contributed by atoms with E-state index in [1.165, 1.54) is 23.7 Å². The fourth-order valence-electron chi connectivity index (χ4n) is 2.65. The third-order valence-electron chi connectivity index (χ3n) is 4.06. The molecule has 0 bridgehead atoms. The summed E-state index contributed by atoms with van der Waals surface area (Å²) in [6.45, 7) is 5.53. The highest BCUT2D eigenvalue weighted by Gasteiger charge is 2.27. The molecule has 3 rings (SSSR count). The Morgan fingerprint density at radius 1 is 1.28 bits per heavy atom. The monoisotopic (exact) mass is 364 g/mol. The van der Waals surface area contributed by atoms with Gasteiger partial charge in [-0.15, -0.1) is 0 Å². The van der Waals surface area contributed by atoms with Crippen molar-refractivity contribution < 1.29 is 13.9 Å². The van der Waals surface area contributed by atoms with Crippen LogP contribution in [0.25, 0.3) is 0 Å². The minimum atomic E-state index is -0.394. The van der Waals surface area contributed by atoms with Gasteiger partial charge in [0.15, 0.2) is 5.82 Å². The third kappa shape index (κ3) is 4.08. The summed E-state index contributed by atoms with van der Waals surface area (Å²) in [4.78, 5) is 16.9. The number of likely N-dealkylation sites (N-methyl/N-ethyl adjacent to an activating group) is 1. The summed E-state index contributed by atoms with van der Waals surface area (Å²) in [5.41, 5.74) is 1.14. The van der Waals surface area contributed by atoms with Gasteiger partial charge in [0.25, 0.3) is 0 Å². The van der Waals surface area contributed by atoms with Gasteiger partial charge in [0, 0.05) is 31.9 Å². The van der Waals surface area contributed by atoms with E-state index in [9.17, 15) is 9.18 Å². The maximum Gasteiger partial charge on any atom is 0.345 e. The largest absolute Gasteiger partial charge is 0.462 e. The number of anilines is 3. The second kappa shape index (κ2) is 7.79. The lowest BCUT2D eigenvalue weighted by molar-refractivity contribution is 0.0528. The van der Waals surface area contributed by atoms with Gasteiger partial charge < -0.3 is 19.9 Å². The summed E-state index contributed by atoms with van der Waals surface area (Å²) in [6.07, 6.45) is 0. The van der Waals surface area contributed by atoms with E-state index >= 15 is 0 Å². The fraction of sp³-hybridized carbons (Fsp3) is 0.412. The fourth-order valence-corrected chi connectivity index (χ4v) is 3.47. The maximum atomic E-state index is 13.1. The highest BCUT2D eigenvalue weighted by molar-refractivity contribution is 7.11. The van der Waals surface area contributed by atoms with Crippen molar-refractivity contribution in [3.05, 3.63) is 35.6 Å².